The second-order valence-electron chi connectivity index (χ2n) is 2.26. The maximum atomic E-state index is 9.94. The molecule has 0 radical (unpaired) electrons. The van der Waals surface area contributed by atoms with Crippen molar-refractivity contribution in [1.29, 1.82) is 0 Å². The van der Waals surface area contributed by atoms with E-state index in [0.29, 0.717) is 6.47 Å². The smallest absolute Gasteiger partial charge is 0.294 e. The van der Waals surface area contributed by atoms with E-state index in [1.54, 1.807) is 0 Å². The molecular weight excluding hydrogens is 128 g/mol. The van der Waals surface area contributed by atoms with Crippen molar-refractivity contribution in [3.63, 3.8) is 0 Å². The molecule has 1 rings (SSSR count). The zero-order valence-corrected chi connectivity index (χ0v) is 5.91. The number of rotatable bonds is 2. The van der Waals surface area contributed by atoms with Gasteiger partial charge >= 0.3 is 0 Å². The molecular formula is C8H10O2. The van der Waals surface area contributed by atoms with Crippen LogP contribution >= 0.6 is 0 Å². The molecule has 0 bridgehead atoms. The lowest BCUT2D eigenvalue weighted by atomic mass is 10.1. The highest BCUT2D eigenvalue weighted by molar-refractivity contribution is 5.40. The van der Waals surface area contributed by atoms with Gasteiger partial charge in [-0.2, -0.15) is 0 Å². The van der Waals surface area contributed by atoms with Gasteiger partial charge in [0.05, 0.1) is 0 Å². The van der Waals surface area contributed by atoms with Crippen molar-refractivity contribution >= 4 is 6.47 Å². The van der Waals surface area contributed by atoms with Gasteiger partial charge in [0.15, 0.2) is 0 Å². The van der Waals surface area contributed by atoms with Gasteiger partial charge in [-0.05, 0) is 25.0 Å². The highest BCUT2D eigenvalue weighted by Gasteiger charge is 2.08. The number of carbonyl (C=O) groups excluding carboxylic acids is 1. The van der Waals surface area contributed by atoms with E-state index in [9.17, 15) is 4.79 Å². The van der Waals surface area contributed by atoms with Crippen molar-refractivity contribution in [2.75, 3.05) is 0 Å². The zero-order chi connectivity index (χ0) is 7.40. The third-order valence-corrected chi connectivity index (χ3v) is 1.54. The van der Waals surface area contributed by atoms with Crippen molar-refractivity contribution in [3.05, 3.63) is 23.8 Å². The van der Waals surface area contributed by atoms with Gasteiger partial charge in [0.25, 0.3) is 6.47 Å². The molecule has 0 spiro atoms. The number of allylic oxidation sites excluding steroid dienone is 2. The largest absolute Gasteiger partial charge is 0.456 e. The van der Waals surface area contributed by atoms with E-state index in [1.165, 1.54) is 0 Å². The molecule has 0 aromatic heterocycles. The fraction of sp³-hybridized carbons (Fsp3) is 0.375. The lowest BCUT2D eigenvalue weighted by molar-refractivity contribution is -0.130. The summed E-state index contributed by atoms with van der Waals surface area (Å²) in [5.41, 5.74) is 1.11. The molecule has 0 amide bonds. The van der Waals surface area contributed by atoms with Crippen LogP contribution < -0.4 is 0 Å². The number of carbonyl (C=O) groups is 1. The Hall–Kier alpha value is -1.05. The van der Waals surface area contributed by atoms with Crippen molar-refractivity contribution in [2.24, 2.45) is 0 Å². The summed E-state index contributed by atoms with van der Waals surface area (Å²) in [5, 5.41) is 0. The van der Waals surface area contributed by atoms with Crippen LogP contribution in [-0.2, 0) is 9.53 Å². The Morgan fingerprint density at radius 1 is 1.80 bits per heavy atom. The van der Waals surface area contributed by atoms with Crippen LogP contribution in [0.1, 0.15) is 13.3 Å². The minimum absolute atomic E-state index is 0.119. The third-order valence-electron chi connectivity index (χ3n) is 1.54. The van der Waals surface area contributed by atoms with Crippen molar-refractivity contribution in [3.8, 4) is 0 Å². The van der Waals surface area contributed by atoms with Crippen molar-refractivity contribution < 1.29 is 9.53 Å². The van der Waals surface area contributed by atoms with E-state index in [-0.39, 0.29) is 6.10 Å². The van der Waals surface area contributed by atoms with Gasteiger partial charge in [-0.3, -0.25) is 4.79 Å². The predicted octanol–water partition coefficient (Wildman–Crippen LogP) is 1.43. The minimum atomic E-state index is -0.119. The molecule has 0 aliphatic heterocycles. The molecule has 0 aromatic carbocycles. The molecule has 54 valence electrons. The van der Waals surface area contributed by atoms with Gasteiger partial charge in [-0.15, -0.1) is 0 Å². The molecule has 0 N–H and O–H groups in total. The van der Waals surface area contributed by atoms with Gasteiger partial charge < -0.3 is 4.74 Å². The maximum Gasteiger partial charge on any atom is 0.294 e. The van der Waals surface area contributed by atoms with Gasteiger partial charge in [-0.25, -0.2) is 0 Å². The van der Waals surface area contributed by atoms with Crippen LogP contribution in [0.15, 0.2) is 23.8 Å². The molecule has 0 fully saturated rings. The SMILES string of the molecule is CC1=CCC=CC1OC=O. The molecule has 1 aliphatic rings. The molecule has 0 saturated carbocycles. The van der Waals surface area contributed by atoms with E-state index in [4.69, 9.17) is 4.74 Å². The quantitative estimate of drug-likeness (QED) is 0.426. The number of hydrogen-bond acceptors (Lipinski definition) is 2. The van der Waals surface area contributed by atoms with E-state index < -0.39 is 0 Å². The molecule has 1 unspecified atom stereocenters. The van der Waals surface area contributed by atoms with Crippen LogP contribution in [0.5, 0.6) is 0 Å². The first kappa shape index (κ1) is 7.06. The Labute approximate surface area is 60.2 Å². The van der Waals surface area contributed by atoms with E-state index in [1.807, 2.05) is 25.2 Å². The second-order valence-corrected chi connectivity index (χ2v) is 2.26. The van der Waals surface area contributed by atoms with E-state index in [2.05, 4.69) is 0 Å². The van der Waals surface area contributed by atoms with Gasteiger partial charge in [0, 0.05) is 0 Å². The molecule has 0 heterocycles. The Morgan fingerprint density at radius 2 is 2.60 bits per heavy atom. The summed E-state index contributed by atoms with van der Waals surface area (Å²) in [6.45, 7) is 2.44. The molecule has 1 atom stereocenters. The summed E-state index contributed by atoms with van der Waals surface area (Å²) in [6.07, 6.45) is 6.76. The predicted molar refractivity (Wildman–Crippen MR) is 38.5 cm³/mol. The summed E-state index contributed by atoms with van der Waals surface area (Å²) in [4.78, 5) is 9.94. The first-order valence-corrected chi connectivity index (χ1v) is 3.27. The highest BCUT2D eigenvalue weighted by atomic mass is 16.5. The average Bonchev–Trinajstić information content (AvgIpc) is 1.94. The average molecular weight is 138 g/mol. The van der Waals surface area contributed by atoms with Crippen LogP contribution in [0.2, 0.25) is 0 Å². The first-order valence-electron chi connectivity index (χ1n) is 3.27. The molecule has 2 heteroatoms. The standard InChI is InChI=1S/C8H10O2/c1-7-4-2-3-5-8(7)10-6-9/h3-6,8H,2H2,1H3. The zero-order valence-electron chi connectivity index (χ0n) is 5.91. The van der Waals surface area contributed by atoms with Crippen molar-refractivity contribution in [1.82, 2.24) is 0 Å². The summed E-state index contributed by atoms with van der Waals surface area (Å²) in [6, 6.07) is 0. The fourth-order valence-electron chi connectivity index (χ4n) is 0.937. The summed E-state index contributed by atoms with van der Waals surface area (Å²) < 4.78 is 4.76. The van der Waals surface area contributed by atoms with E-state index in [0.717, 1.165) is 12.0 Å². The van der Waals surface area contributed by atoms with Crippen LogP contribution in [0.25, 0.3) is 0 Å². The van der Waals surface area contributed by atoms with Crippen molar-refractivity contribution in [2.45, 2.75) is 19.4 Å². The fourth-order valence-corrected chi connectivity index (χ4v) is 0.937. The monoisotopic (exact) mass is 138 g/mol. The third kappa shape index (κ3) is 1.47. The lowest BCUT2D eigenvalue weighted by Gasteiger charge is -2.13. The molecule has 2 nitrogen and oxygen atoms in total. The molecule has 0 aromatic rings. The van der Waals surface area contributed by atoms with Crippen LogP contribution in [0, 0.1) is 0 Å². The summed E-state index contributed by atoms with van der Waals surface area (Å²) in [7, 11) is 0. The lowest BCUT2D eigenvalue weighted by Crippen LogP contribution is -2.11. The highest BCUT2D eigenvalue weighted by Crippen LogP contribution is 2.13. The maximum absolute atomic E-state index is 9.94. The Kier molecular flexibility index (Phi) is 2.26. The normalized spacial score (nSPS) is 23.7. The second kappa shape index (κ2) is 3.20. The van der Waals surface area contributed by atoms with Gasteiger partial charge in [0.1, 0.15) is 6.10 Å². The molecule has 10 heavy (non-hydrogen) atoms. The molecule has 0 saturated heterocycles. The van der Waals surface area contributed by atoms with Crippen LogP contribution in [0.3, 0.4) is 0 Å². The number of ether oxygens (including phenoxy) is 1. The molecule has 1 aliphatic carbocycles. The first-order chi connectivity index (χ1) is 4.84. The van der Waals surface area contributed by atoms with Crippen LogP contribution in [0.4, 0.5) is 0 Å². The van der Waals surface area contributed by atoms with Crippen LogP contribution in [-0.4, -0.2) is 12.6 Å². The van der Waals surface area contributed by atoms with Gasteiger partial charge in [0.2, 0.25) is 0 Å². The topological polar surface area (TPSA) is 26.3 Å². The Balaban J connectivity index is 2.56. The summed E-state index contributed by atoms with van der Waals surface area (Å²) in [5.74, 6) is 0. The van der Waals surface area contributed by atoms with E-state index >= 15 is 0 Å². The Bertz CT molecular complexity index is 180. The van der Waals surface area contributed by atoms with Gasteiger partial charge in [-0.1, -0.05) is 12.2 Å². The summed E-state index contributed by atoms with van der Waals surface area (Å²) >= 11 is 0. The Morgan fingerprint density at radius 3 is 3.20 bits per heavy atom. The number of hydrogen-bond donors (Lipinski definition) is 0. The minimum Gasteiger partial charge on any atom is -0.456 e.